The Kier molecular flexibility index (Phi) is 3.92. The van der Waals surface area contributed by atoms with Crippen molar-refractivity contribution in [3.63, 3.8) is 0 Å². The maximum Gasteiger partial charge on any atom is 0.223 e. The first-order valence-electron chi connectivity index (χ1n) is 7.10. The smallest absolute Gasteiger partial charge is 0.223 e. The number of hydrogen-bond acceptors (Lipinski definition) is 5. The molecule has 2 aromatic rings. The van der Waals surface area contributed by atoms with Crippen molar-refractivity contribution in [3.05, 3.63) is 36.2 Å². The van der Waals surface area contributed by atoms with Gasteiger partial charge in [-0.3, -0.25) is 4.79 Å². The van der Waals surface area contributed by atoms with Crippen molar-refractivity contribution < 1.29 is 4.79 Å². The van der Waals surface area contributed by atoms with Crippen LogP contribution in [0.1, 0.15) is 25.1 Å². The minimum Gasteiger partial charge on any atom is -0.348 e. The van der Waals surface area contributed by atoms with E-state index in [4.69, 9.17) is 5.73 Å². The van der Waals surface area contributed by atoms with Crippen LogP contribution in [0.4, 0.5) is 0 Å². The zero-order chi connectivity index (χ0) is 14.7. The van der Waals surface area contributed by atoms with Crippen molar-refractivity contribution in [2.24, 2.45) is 11.7 Å². The van der Waals surface area contributed by atoms with Gasteiger partial charge in [0, 0.05) is 12.0 Å². The number of hydrogen-bond donors (Lipinski definition) is 2. The highest BCUT2D eigenvalue weighted by molar-refractivity contribution is 5.78. The molecule has 7 nitrogen and oxygen atoms in total. The number of carbonyl (C=O) groups is 1. The van der Waals surface area contributed by atoms with Crippen LogP contribution in [0.2, 0.25) is 0 Å². The topological polar surface area (TPSA) is 98.7 Å². The van der Waals surface area contributed by atoms with Crippen molar-refractivity contribution in [2.45, 2.75) is 31.8 Å². The quantitative estimate of drug-likeness (QED) is 0.848. The molecule has 3 N–H and O–H groups in total. The molecule has 1 aromatic carbocycles. The highest BCUT2D eigenvalue weighted by Gasteiger charge is 2.27. The molecule has 1 amide bonds. The molecule has 1 fully saturated rings. The third kappa shape index (κ3) is 3.08. The molecule has 3 rings (SSSR count). The number of tetrazole rings is 1. The highest BCUT2D eigenvalue weighted by Crippen LogP contribution is 2.24. The lowest BCUT2D eigenvalue weighted by Crippen LogP contribution is -2.31. The molecule has 1 aliphatic rings. The van der Waals surface area contributed by atoms with Gasteiger partial charge in [0.05, 0.1) is 12.2 Å². The number of nitrogens with zero attached hydrogens (tertiary/aromatic N) is 4. The van der Waals surface area contributed by atoms with Crippen LogP contribution < -0.4 is 11.1 Å². The fourth-order valence-electron chi connectivity index (χ4n) is 2.65. The van der Waals surface area contributed by atoms with Gasteiger partial charge >= 0.3 is 0 Å². The first-order valence-corrected chi connectivity index (χ1v) is 7.10. The summed E-state index contributed by atoms with van der Waals surface area (Å²) in [6.45, 7) is 0.312. The van der Waals surface area contributed by atoms with Gasteiger partial charge in [-0.15, -0.1) is 5.10 Å². The van der Waals surface area contributed by atoms with Gasteiger partial charge in [0.2, 0.25) is 5.91 Å². The number of aromatic nitrogens is 4. The fourth-order valence-corrected chi connectivity index (χ4v) is 2.65. The lowest BCUT2D eigenvalue weighted by atomic mass is 10.1. The van der Waals surface area contributed by atoms with Gasteiger partial charge < -0.3 is 11.1 Å². The molecule has 21 heavy (non-hydrogen) atoms. The molecule has 110 valence electrons. The minimum absolute atomic E-state index is 0.0149. The summed E-state index contributed by atoms with van der Waals surface area (Å²) in [4.78, 5) is 12.1. The Bertz CT molecular complexity index is 611. The van der Waals surface area contributed by atoms with Crippen molar-refractivity contribution in [1.29, 1.82) is 0 Å². The van der Waals surface area contributed by atoms with Crippen molar-refractivity contribution in [2.75, 3.05) is 0 Å². The van der Waals surface area contributed by atoms with Gasteiger partial charge in [-0.05, 0) is 41.8 Å². The summed E-state index contributed by atoms with van der Waals surface area (Å²) < 4.78 is 1.63. The Balaban J connectivity index is 1.64. The first-order chi connectivity index (χ1) is 10.2. The predicted octanol–water partition coefficient (Wildman–Crippen LogP) is 0.406. The van der Waals surface area contributed by atoms with Crippen molar-refractivity contribution >= 4 is 5.91 Å². The molecule has 7 heteroatoms. The Morgan fingerprint density at radius 1 is 1.33 bits per heavy atom. The Morgan fingerprint density at radius 3 is 2.86 bits per heavy atom. The monoisotopic (exact) mass is 286 g/mol. The van der Waals surface area contributed by atoms with E-state index in [9.17, 15) is 4.79 Å². The average Bonchev–Trinajstić information content (AvgIpc) is 3.14. The van der Waals surface area contributed by atoms with E-state index in [0.717, 1.165) is 24.9 Å². The number of carbonyl (C=O) groups excluding carboxylic acids is 1. The summed E-state index contributed by atoms with van der Waals surface area (Å²) in [5.41, 5.74) is 6.71. The molecule has 0 saturated heterocycles. The van der Waals surface area contributed by atoms with Crippen LogP contribution >= 0.6 is 0 Å². The molecular formula is C14H18N6O. The van der Waals surface area contributed by atoms with Crippen LogP contribution in [0.25, 0.3) is 5.69 Å². The lowest BCUT2D eigenvalue weighted by molar-refractivity contribution is -0.125. The standard InChI is InChI=1S/C14H18N6O/c15-11-7-6-10(8-11)14(21)16-9-13-17-18-19-20(13)12-4-2-1-3-5-12/h1-5,10-11H,6-9,15H2,(H,16,21). The summed E-state index contributed by atoms with van der Waals surface area (Å²) in [6.07, 6.45) is 2.53. The number of nitrogens with two attached hydrogens (primary N) is 1. The summed E-state index contributed by atoms with van der Waals surface area (Å²) in [7, 11) is 0. The Morgan fingerprint density at radius 2 is 2.14 bits per heavy atom. The number of amides is 1. The number of rotatable bonds is 4. The van der Waals surface area contributed by atoms with Gasteiger partial charge in [-0.2, -0.15) is 4.68 Å². The molecule has 0 bridgehead atoms. The average molecular weight is 286 g/mol. The fraction of sp³-hybridized carbons (Fsp3) is 0.429. The number of para-hydroxylation sites is 1. The van der Waals surface area contributed by atoms with Crippen LogP contribution in [0.5, 0.6) is 0 Å². The molecule has 0 spiro atoms. The second-order valence-corrected chi connectivity index (χ2v) is 5.33. The van der Waals surface area contributed by atoms with E-state index in [0.29, 0.717) is 12.4 Å². The minimum atomic E-state index is 0.0149. The van der Waals surface area contributed by atoms with Crippen molar-refractivity contribution in [3.8, 4) is 5.69 Å². The maximum absolute atomic E-state index is 12.1. The van der Waals surface area contributed by atoms with Crippen molar-refractivity contribution in [1.82, 2.24) is 25.5 Å². The third-order valence-corrected chi connectivity index (χ3v) is 3.80. The maximum atomic E-state index is 12.1. The van der Waals surface area contributed by atoms with Crippen LogP contribution in [0.15, 0.2) is 30.3 Å². The molecule has 1 saturated carbocycles. The Hall–Kier alpha value is -2.28. The Labute approximate surface area is 122 Å². The van der Waals surface area contributed by atoms with Crippen LogP contribution in [-0.4, -0.2) is 32.2 Å². The second kappa shape index (κ2) is 6.01. The molecule has 2 atom stereocenters. The highest BCUT2D eigenvalue weighted by atomic mass is 16.1. The second-order valence-electron chi connectivity index (χ2n) is 5.33. The predicted molar refractivity (Wildman–Crippen MR) is 76.3 cm³/mol. The van der Waals surface area contributed by atoms with E-state index in [-0.39, 0.29) is 17.9 Å². The van der Waals surface area contributed by atoms with Gasteiger partial charge in [0.15, 0.2) is 5.82 Å². The third-order valence-electron chi connectivity index (χ3n) is 3.80. The summed E-state index contributed by atoms with van der Waals surface area (Å²) in [5.74, 6) is 0.656. The van der Waals surface area contributed by atoms with E-state index in [2.05, 4.69) is 20.8 Å². The van der Waals surface area contributed by atoms with Gasteiger partial charge in [0.1, 0.15) is 0 Å². The normalized spacial score (nSPS) is 21.4. The zero-order valence-corrected chi connectivity index (χ0v) is 11.6. The summed E-state index contributed by atoms with van der Waals surface area (Å²) >= 11 is 0. The molecule has 1 aliphatic carbocycles. The molecule has 0 aliphatic heterocycles. The first kappa shape index (κ1) is 13.7. The summed E-state index contributed by atoms with van der Waals surface area (Å²) in [5, 5.41) is 14.5. The number of benzene rings is 1. The molecule has 1 heterocycles. The van der Waals surface area contributed by atoms with E-state index in [1.54, 1.807) is 4.68 Å². The molecular weight excluding hydrogens is 268 g/mol. The van der Waals surface area contributed by atoms with Gasteiger partial charge in [0.25, 0.3) is 0 Å². The van der Waals surface area contributed by atoms with Crippen LogP contribution in [-0.2, 0) is 11.3 Å². The van der Waals surface area contributed by atoms with Crippen LogP contribution in [0.3, 0.4) is 0 Å². The van der Waals surface area contributed by atoms with E-state index >= 15 is 0 Å². The van der Waals surface area contributed by atoms with E-state index < -0.39 is 0 Å². The number of nitrogens with one attached hydrogen (secondary N) is 1. The lowest BCUT2D eigenvalue weighted by Gasteiger charge is -2.10. The molecule has 1 aromatic heterocycles. The van der Waals surface area contributed by atoms with Gasteiger partial charge in [-0.25, -0.2) is 0 Å². The molecule has 2 unspecified atom stereocenters. The zero-order valence-electron chi connectivity index (χ0n) is 11.6. The summed E-state index contributed by atoms with van der Waals surface area (Å²) in [6, 6.07) is 9.74. The largest absolute Gasteiger partial charge is 0.348 e. The van der Waals surface area contributed by atoms with E-state index in [1.807, 2.05) is 30.3 Å². The molecule has 0 radical (unpaired) electrons. The van der Waals surface area contributed by atoms with E-state index in [1.165, 1.54) is 0 Å². The van der Waals surface area contributed by atoms with Gasteiger partial charge in [-0.1, -0.05) is 18.2 Å². The SMILES string of the molecule is NC1CCC(C(=O)NCc2nnnn2-c2ccccc2)C1. The van der Waals surface area contributed by atoms with Crippen LogP contribution in [0, 0.1) is 5.92 Å².